The van der Waals surface area contributed by atoms with Crippen LogP contribution in [-0.4, -0.2) is 23.7 Å². The minimum absolute atomic E-state index is 0.0168. The molecule has 14 heavy (non-hydrogen) atoms. The van der Waals surface area contributed by atoms with Crippen LogP contribution in [-0.2, 0) is 9.53 Å². The average Bonchev–Trinajstić information content (AvgIpc) is 1.74. The molecule has 1 spiro atoms. The first-order valence-electron chi connectivity index (χ1n) is 5.38. The van der Waals surface area contributed by atoms with Crippen molar-refractivity contribution in [2.45, 2.75) is 51.2 Å². The topological polar surface area (TPSA) is 38.3 Å². The van der Waals surface area contributed by atoms with Crippen LogP contribution >= 0.6 is 0 Å². The highest BCUT2D eigenvalue weighted by atomic mass is 16.6. The van der Waals surface area contributed by atoms with E-state index in [0.717, 1.165) is 19.4 Å². The van der Waals surface area contributed by atoms with Crippen molar-refractivity contribution in [2.24, 2.45) is 5.92 Å². The van der Waals surface area contributed by atoms with E-state index in [0.29, 0.717) is 5.54 Å². The van der Waals surface area contributed by atoms with E-state index in [-0.39, 0.29) is 17.5 Å². The van der Waals surface area contributed by atoms with Crippen molar-refractivity contribution < 1.29 is 9.53 Å². The monoisotopic (exact) mass is 197 g/mol. The fraction of sp³-hybridized carbons (Fsp3) is 0.909. The lowest BCUT2D eigenvalue weighted by atomic mass is 9.63. The smallest absolute Gasteiger partial charge is 0.309 e. The molecule has 1 aliphatic heterocycles. The van der Waals surface area contributed by atoms with E-state index in [2.05, 4.69) is 5.32 Å². The van der Waals surface area contributed by atoms with Gasteiger partial charge in [-0.1, -0.05) is 0 Å². The Bertz CT molecular complexity index is 243. The Hall–Kier alpha value is -0.570. The van der Waals surface area contributed by atoms with Crippen molar-refractivity contribution in [3.05, 3.63) is 0 Å². The van der Waals surface area contributed by atoms with E-state index >= 15 is 0 Å². The number of esters is 1. The second-order valence-corrected chi connectivity index (χ2v) is 5.60. The lowest BCUT2D eigenvalue weighted by Gasteiger charge is -2.54. The van der Waals surface area contributed by atoms with E-state index in [9.17, 15) is 4.79 Å². The first-order chi connectivity index (χ1) is 6.40. The van der Waals surface area contributed by atoms with Crippen molar-refractivity contribution in [3.8, 4) is 0 Å². The molecule has 1 saturated heterocycles. The van der Waals surface area contributed by atoms with Gasteiger partial charge in [0.2, 0.25) is 0 Å². The van der Waals surface area contributed by atoms with Gasteiger partial charge in [-0.3, -0.25) is 4.79 Å². The number of carbonyl (C=O) groups excluding carboxylic acids is 1. The van der Waals surface area contributed by atoms with E-state index in [1.165, 1.54) is 6.42 Å². The summed E-state index contributed by atoms with van der Waals surface area (Å²) in [6, 6.07) is 0. The lowest BCUT2D eigenvalue weighted by Crippen LogP contribution is -2.65. The van der Waals surface area contributed by atoms with Gasteiger partial charge < -0.3 is 10.1 Å². The number of hydrogen-bond acceptors (Lipinski definition) is 3. The van der Waals surface area contributed by atoms with Gasteiger partial charge >= 0.3 is 5.97 Å². The Morgan fingerprint density at radius 3 is 2.36 bits per heavy atom. The molecule has 0 aromatic carbocycles. The highest BCUT2D eigenvalue weighted by Crippen LogP contribution is 2.44. The summed E-state index contributed by atoms with van der Waals surface area (Å²) < 4.78 is 5.34. The highest BCUT2D eigenvalue weighted by Gasteiger charge is 2.51. The number of carbonyl (C=O) groups is 1. The third-order valence-electron chi connectivity index (χ3n) is 3.12. The van der Waals surface area contributed by atoms with Gasteiger partial charge in [-0.15, -0.1) is 0 Å². The molecule has 3 nitrogen and oxygen atoms in total. The molecule has 0 amide bonds. The fourth-order valence-electron chi connectivity index (χ4n) is 2.26. The van der Waals surface area contributed by atoms with Crippen LogP contribution in [0.1, 0.15) is 40.0 Å². The minimum Gasteiger partial charge on any atom is -0.460 e. The maximum Gasteiger partial charge on any atom is 0.309 e. The van der Waals surface area contributed by atoms with Gasteiger partial charge in [0.25, 0.3) is 0 Å². The van der Waals surface area contributed by atoms with Gasteiger partial charge in [-0.25, -0.2) is 0 Å². The molecule has 1 aliphatic carbocycles. The van der Waals surface area contributed by atoms with Crippen molar-refractivity contribution in [1.82, 2.24) is 5.32 Å². The Labute approximate surface area is 85.2 Å². The molecule has 0 atom stereocenters. The Morgan fingerprint density at radius 1 is 1.43 bits per heavy atom. The van der Waals surface area contributed by atoms with Gasteiger partial charge in [-0.05, 0) is 46.6 Å². The Morgan fingerprint density at radius 2 is 2.00 bits per heavy atom. The summed E-state index contributed by atoms with van der Waals surface area (Å²) >= 11 is 0. The zero-order valence-corrected chi connectivity index (χ0v) is 9.22. The molecule has 0 aromatic heterocycles. The van der Waals surface area contributed by atoms with Crippen LogP contribution in [0.15, 0.2) is 0 Å². The van der Waals surface area contributed by atoms with Gasteiger partial charge in [0.05, 0.1) is 5.92 Å². The molecular formula is C11H19NO2. The molecular weight excluding hydrogens is 178 g/mol. The second kappa shape index (κ2) is 2.96. The molecule has 0 unspecified atom stereocenters. The zero-order valence-electron chi connectivity index (χ0n) is 9.22. The third-order valence-corrected chi connectivity index (χ3v) is 3.12. The predicted octanol–water partition coefficient (Wildman–Crippen LogP) is 1.47. The Balaban J connectivity index is 1.79. The number of nitrogens with one attached hydrogen (secondary N) is 1. The van der Waals surface area contributed by atoms with E-state index < -0.39 is 0 Å². The van der Waals surface area contributed by atoms with Gasteiger partial charge in [0.1, 0.15) is 5.60 Å². The van der Waals surface area contributed by atoms with Crippen molar-refractivity contribution >= 4 is 5.97 Å². The molecule has 3 heteroatoms. The summed E-state index contributed by atoms with van der Waals surface area (Å²) in [4.78, 5) is 11.6. The first-order valence-corrected chi connectivity index (χ1v) is 5.38. The van der Waals surface area contributed by atoms with Gasteiger partial charge in [0, 0.05) is 5.54 Å². The Kier molecular flexibility index (Phi) is 2.11. The first kappa shape index (κ1) is 9.97. The van der Waals surface area contributed by atoms with Crippen LogP contribution in [0.25, 0.3) is 0 Å². The molecule has 1 N–H and O–H groups in total. The molecule has 1 saturated carbocycles. The van der Waals surface area contributed by atoms with Gasteiger partial charge in [-0.2, -0.15) is 0 Å². The van der Waals surface area contributed by atoms with Crippen LogP contribution in [0.3, 0.4) is 0 Å². The van der Waals surface area contributed by atoms with Gasteiger partial charge in [0.15, 0.2) is 0 Å². The highest BCUT2D eigenvalue weighted by molar-refractivity contribution is 5.74. The van der Waals surface area contributed by atoms with Crippen LogP contribution in [0.2, 0.25) is 0 Å². The van der Waals surface area contributed by atoms with Crippen molar-refractivity contribution in [1.29, 1.82) is 0 Å². The molecule has 2 aliphatic rings. The normalized spacial score (nSPS) is 36.1. The molecule has 80 valence electrons. The lowest BCUT2D eigenvalue weighted by molar-refractivity contribution is -0.168. The average molecular weight is 197 g/mol. The maximum absolute atomic E-state index is 11.6. The maximum atomic E-state index is 11.6. The van der Waals surface area contributed by atoms with Crippen molar-refractivity contribution in [3.63, 3.8) is 0 Å². The summed E-state index contributed by atoms with van der Waals surface area (Å²) in [7, 11) is 0. The molecule has 0 bridgehead atoms. The summed E-state index contributed by atoms with van der Waals surface area (Å²) in [5, 5.41) is 3.40. The largest absolute Gasteiger partial charge is 0.460 e. The molecule has 0 radical (unpaired) electrons. The van der Waals surface area contributed by atoms with E-state index in [4.69, 9.17) is 4.74 Å². The van der Waals surface area contributed by atoms with Crippen LogP contribution in [0.4, 0.5) is 0 Å². The minimum atomic E-state index is -0.340. The molecule has 2 rings (SSSR count). The molecule has 1 heterocycles. The molecule has 0 aromatic rings. The summed E-state index contributed by atoms with van der Waals surface area (Å²) in [5.41, 5.74) is -0.0194. The van der Waals surface area contributed by atoms with Crippen LogP contribution in [0, 0.1) is 5.92 Å². The molecule has 2 fully saturated rings. The SMILES string of the molecule is CC(C)(C)OC(=O)C1CC2(CCN2)C1. The van der Waals surface area contributed by atoms with E-state index in [1.807, 2.05) is 20.8 Å². The predicted molar refractivity (Wildman–Crippen MR) is 53.9 cm³/mol. The fourth-order valence-corrected chi connectivity index (χ4v) is 2.26. The summed E-state index contributed by atoms with van der Waals surface area (Å²) in [6.45, 7) is 6.86. The standard InChI is InChI=1S/C11H19NO2/c1-10(2,3)14-9(13)8-6-11(7-8)4-5-12-11/h8,12H,4-7H2,1-3H3. The zero-order chi connectivity index (χ0) is 10.4. The van der Waals surface area contributed by atoms with Crippen LogP contribution < -0.4 is 5.32 Å². The van der Waals surface area contributed by atoms with Crippen LogP contribution in [0.5, 0.6) is 0 Å². The summed E-state index contributed by atoms with van der Waals surface area (Å²) in [6.07, 6.45) is 3.18. The number of ether oxygens (including phenoxy) is 1. The number of hydrogen-bond donors (Lipinski definition) is 1. The van der Waals surface area contributed by atoms with Crippen molar-refractivity contribution in [2.75, 3.05) is 6.54 Å². The summed E-state index contributed by atoms with van der Waals surface area (Å²) in [5.74, 6) is 0.124. The quantitative estimate of drug-likeness (QED) is 0.647. The van der Waals surface area contributed by atoms with E-state index in [1.54, 1.807) is 0 Å². The second-order valence-electron chi connectivity index (χ2n) is 5.60. The number of rotatable bonds is 1. The third kappa shape index (κ3) is 1.78.